The van der Waals surface area contributed by atoms with Crippen molar-refractivity contribution in [2.24, 2.45) is 17.6 Å². The molecule has 0 radical (unpaired) electrons. The molecule has 6 heteroatoms. The third-order valence-electron chi connectivity index (χ3n) is 6.13. The lowest BCUT2D eigenvalue weighted by Crippen LogP contribution is -2.38. The summed E-state index contributed by atoms with van der Waals surface area (Å²) >= 11 is 0. The van der Waals surface area contributed by atoms with Gasteiger partial charge in [-0.15, -0.1) is 0 Å². The van der Waals surface area contributed by atoms with E-state index in [4.69, 9.17) is 5.73 Å². The van der Waals surface area contributed by atoms with Crippen molar-refractivity contribution in [3.05, 3.63) is 66.5 Å². The van der Waals surface area contributed by atoms with Crippen LogP contribution in [0.4, 0.5) is 5.82 Å². The number of anilines is 1. The van der Waals surface area contributed by atoms with Crippen molar-refractivity contribution >= 4 is 22.6 Å². The van der Waals surface area contributed by atoms with Gasteiger partial charge in [-0.25, -0.2) is 9.97 Å². The van der Waals surface area contributed by atoms with Gasteiger partial charge >= 0.3 is 0 Å². The van der Waals surface area contributed by atoms with Gasteiger partial charge in [-0.2, -0.15) is 0 Å². The quantitative estimate of drug-likeness (QED) is 0.677. The van der Waals surface area contributed by atoms with Gasteiger partial charge in [0.1, 0.15) is 12.1 Å². The highest BCUT2D eigenvalue weighted by Crippen LogP contribution is 2.47. The molecule has 2 heterocycles. The Balaban J connectivity index is 1.14. The summed E-state index contributed by atoms with van der Waals surface area (Å²) in [6, 6.07) is 18.3. The number of hydrogen-bond acceptors (Lipinski definition) is 5. The molecule has 2 aliphatic rings. The van der Waals surface area contributed by atoms with Crippen LogP contribution in [0.2, 0.25) is 0 Å². The zero-order valence-corrected chi connectivity index (χ0v) is 16.2. The second-order valence-electron chi connectivity index (χ2n) is 8.19. The first-order chi connectivity index (χ1) is 14.2. The highest BCUT2D eigenvalue weighted by molar-refractivity contribution is 5.89. The van der Waals surface area contributed by atoms with Crippen LogP contribution in [0.5, 0.6) is 0 Å². The van der Waals surface area contributed by atoms with Crippen LogP contribution in [0.3, 0.4) is 0 Å². The Kier molecular flexibility index (Phi) is 4.64. The fourth-order valence-electron chi connectivity index (χ4n) is 4.63. The van der Waals surface area contributed by atoms with Gasteiger partial charge in [0, 0.05) is 48.8 Å². The number of rotatable bonds is 6. The molecule has 1 amide bonds. The van der Waals surface area contributed by atoms with Crippen LogP contribution in [-0.2, 0) is 11.2 Å². The molecular weight excluding hydrogens is 362 g/mol. The molecule has 1 aliphatic heterocycles. The lowest BCUT2D eigenvalue weighted by molar-refractivity contribution is -0.121. The summed E-state index contributed by atoms with van der Waals surface area (Å²) in [6.07, 6.45) is 2.72. The number of aromatic nitrogens is 2. The number of carbonyl (C=O) groups is 1. The number of piperidine rings is 1. The Morgan fingerprint density at radius 3 is 2.59 bits per heavy atom. The van der Waals surface area contributed by atoms with Gasteiger partial charge in [0.05, 0.1) is 5.52 Å². The molecule has 1 aliphatic carbocycles. The first-order valence-corrected chi connectivity index (χ1v) is 10.2. The van der Waals surface area contributed by atoms with Crippen LogP contribution in [0.25, 0.3) is 10.9 Å². The minimum atomic E-state index is -0.153. The molecule has 5 rings (SSSR count). The van der Waals surface area contributed by atoms with E-state index >= 15 is 0 Å². The number of nitrogens with two attached hydrogens (primary N) is 1. The Morgan fingerprint density at radius 2 is 1.79 bits per heavy atom. The van der Waals surface area contributed by atoms with Crippen molar-refractivity contribution in [2.75, 3.05) is 18.0 Å². The van der Waals surface area contributed by atoms with Crippen molar-refractivity contribution in [3.63, 3.8) is 0 Å². The second-order valence-corrected chi connectivity index (χ2v) is 8.19. The van der Waals surface area contributed by atoms with E-state index in [-0.39, 0.29) is 18.0 Å². The van der Waals surface area contributed by atoms with Crippen LogP contribution in [0.1, 0.15) is 12.0 Å². The van der Waals surface area contributed by atoms with Gasteiger partial charge in [-0.3, -0.25) is 4.79 Å². The number of hydrogen-bond donors (Lipinski definition) is 2. The highest BCUT2D eigenvalue weighted by Gasteiger charge is 2.56. The predicted molar refractivity (Wildman–Crippen MR) is 113 cm³/mol. The largest absolute Gasteiger partial charge is 0.355 e. The monoisotopic (exact) mass is 387 g/mol. The molecule has 0 bridgehead atoms. The Morgan fingerprint density at radius 1 is 1.07 bits per heavy atom. The number of amides is 1. The van der Waals surface area contributed by atoms with E-state index < -0.39 is 0 Å². The number of nitrogens with zero attached hydrogens (tertiary/aromatic N) is 3. The van der Waals surface area contributed by atoms with Crippen LogP contribution in [-0.4, -0.2) is 41.0 Å². The topological polar surface area (TPSA) is 84.1 Å². The Hall–Kier alpha value is -2.99. The SMILES string of the molecule is NC(CC(=O)N[C@H]1[C@@H]2CN(c3ncnc4ccccc34)C[C@@H]21)Cc1ccccc1. The molecule has 3 N–H and O–H groups in total. The molecule has 4 atom stereocenters. The third kappa shape index (κ3) is 3.68. The third-order valence-corrected chi connectivity index (χ3v) is 6.13. The zero-order chi connectivity index (χ0) is 19.8. The molecule has 1 aromatic heterocycles. The molecular formula is C23H25N5O. The molecule has 0 spiro atoms. The standard InChI is InChI=1S/C23H25N5O/c24-16(10-15-6-2-1-3-7-15)11-21(29)27-22-18-12-28(13-19(18)22)23-17-8-4-5-9-20(17)25-14-26-23/h1-9,14,16,18-19,22H,10-13,24H2,(H,27,29)/t16?,18-,19+,22+. The fraction of sp³-hybridized carbons (Fsp3) is 0.348. The minimum Gasteiger partial charge on any atom is -0.355 e. The summed E-state index contributed by atoms with van der Waals surface area (Å²) in [5.41, 5.74) is 8.32. The average Bonchev–Trinajstić information content (AvgIpc) is 3.16. The maximum absolute atomic E-state index is 12.4. The molecule has 1 saturated heterocycles. The normalized spacial score (nSPS) is 23.6. The van der Waals surface area contributed by atoms with Crippen molar-refractivity contribution < 1.29 is 4.79 Å². The molecule has 2 aromatic carbocycles. The van der Waals surface area contributed by atoms with Crippen LogP contribution in [0, 0.1) is 11.8 Å². The average molecular weight is 387 g/mol. The van der Waals surface area contributed by atoms with Gasteiger partial charge < -0.3 is 16.0 Å². The summed E-state index contributed by atoms with van der Waals surface area (Å²) in [5.74, 6) is 2.06. The molecule has 6 nitrogen and oxygen atoms in total. The minimum absolute atomic E-state index is 0.0619. The Labute approximate surface area is 170 Å². The second kappa shape index (κ2) is 7.44. The summed E-state index contributed by atoms with van der Waals surface area (Å²) in [6.45, 7) is 1.85. The van der Waals surface area contributed by atoms with Gasteiger partial charge in [-0.05, 0) is 24.1 Å². The maximum Gasteiger partial charge on any atom is 0.221 e. The molecule has 2 fully saturated rings. The van der Waals surface area contributed by atoms with E-state index in [2.05, 4.69) is 38.4 Å². The molecule has 1 unspecified atom stereocenters. The first-order valence-electron chi connectivity index (χ1n) is 10.2. The van der Waals surface area contributed by atoms with Crippen molar-refractivity contribution in [3.8, 4) is 0 Å². The lowest BCUT2D eigenvalue weighted by Gasteiger charge is -2.22. The number of fused-ring (bicyclic) bond motifs is 2. The zero-order valence-electron chi connectivity index (χ0n) is 16.2. The number of para-hydroxylation sites is 1. The number of benzene rings is 2. The van der Waals surface area contributed by atoms with Gasteiger partial charge in [0.2, 0.25) is 5.91 Å². The summed E-state index contributed by atoms with van der Waals surface area (Å²) in [4.78, 5) is 23.6. The molecule has 29 heavy (non-hydrogen) atoms. The van der Waals surface area contributed by atoms with E-state index in [9.17, 15) is 4.79 Å². The van der Waals surface area contributed by atoms with E-state index in [1.54, 1.807) is 6.33 Å². The fourth-order valence-corrected chi connectivity index (χ4v) is 4.63. The summed E-state index contributed by atoms with van der Waals surface area (Å²) in [7, 11) is 0. The van der Waals surface area contributed by atoms with E-state index in [0.717, 1.165) is 36.2 Å². The van der Waals surface area contributed by atoms with Crippen molar-refractivity contribution in [2.45, 2.75) is 24.9 Å². The van der Waals surface area contributed by atoms with Crippen molar-refractivity contribution in [1.82, 2.24) is 15.3 Å². The van der Waals surface area contributed by atoms with Crippen LogP contribution >= 0.6 is 0 Å². The first kappa shape index (κ1) is 18.1. The highest BCUT2D eigenvalue weighted by atomic mass is 16.1. The van der Waals surface area contributed by atoms with Gasteiger partial charge in [0.15, 0.2) is 0 Å². The van der Waals surface area contributed by atoms with Gasteiger partial charge in [-0.1, -0.05) is 42.5 Å². The smallest absolute Gasteiger partial charge is 0.221 e. The van der Waals surface area contributed by atoms with Crippen LogP contribution < -0.4 is 16.0 Å². The van der Waals surface area contributed by atoms with E-state index in [1.165, 1.54) is 5.56 Å². The predicted octanol–water partition coefficient (Wildman–Crippen LogP) is 2.14. The van der Waals surface area contributed by atoms with E-state index in [0.29, 0.717) is 18.3 Å². The molecule has 148 valence electrons. The van der Waals surface area contributed by atoms with Crippen LogP contribution in [0.15, 0.2) is 60.9 Å². The number of carbonyl (C=O) groups excluding carboxylic acids is 1. The lowest BCUT2D eigenvalue weighted by atomic mass is 10.0. The van der Waals surface area contributed by atoms with Crippen molar-refractivity contribution in [1.29, 1.82) is 0 Å². The molecule has 3 aromatic rings. The Bertz CT molecular complexity index is 1010. The summed E-state index contributed by atoms with van der Waals surface area (Å²) in [5, 5.41) is 4.29. The van der Waals surface area contributed by atoms with Gasteiger partial charge in [0.25, 0.3) is 0 Å². The number of nitrogens with one attached hydrogen (secondary N) is 1. The maximum atomic E-state index is 12.4. The molecule has 1 saturated carbocycles. The van der Waals surface area contributed by atoms with E-state index in [1.807, 2.05) is 36.4 Å². The summed E-state index contributed by atoms with van der Waals surface area (Å²) < 4.78 is 0.